The van der Waals surface area contributed by atoms with Gasteiger partial charge in [-0.1, -0.05) is 32.6 Å². The van der Waals surface area contributed by atoms with Gasteiger partial charge in [-0.2, -0.15) is 17.6 Å². The molecule has 0 unspecified atom stereocenters. The molecule has 2 aromatic carbocycles. The number of alkyl halides is 2. The molecule has 0 bridgehead atoms. The summed E-state index contributed by atoms with van der Waals surface area (Å²) in [5.41, 5.74) is -1.23. The molecule has 36 heavy (non-hydrogen) atoms. The molecule has 3 nitrogen and oxygen atoms in total. The van der Waals surface area contributed by atoms with Gasteiger partial charge >= 0.3 is 6.11 Å². The van der Waals surface area contributed by atoms with E-state index in [2.05, 4.69) is 11.7 Å². The second-order valence-corrected chi connectivity index (χ2v) is 9.10. The minimum Gasteiger partial charge on any atom is -0.491 e. The molecule has 200 valence electrons. The summed E-state index contributed by atoms with van der Waals surface area (Å²) in [6.45, 7) is 2.67. The van der Waals surface area contributed by atoms with Crippen LogP contribution in [0.15, 0.2) is 24.3 Å². The minimum absolute atomic E-state index is 0.0724. The molecule has 1 fully saturated rings. The van der Waals surface area contributed by atoms with Crippen LogP contribution in [-0.2, 0) is 4.74 Å². The lowest BCUT2D eigenvalue weighted by molar-refractivity contribution is -0.223. The van der Waals surface area contributed by atoms with E-state index in [4.69, 9.17) is 9.47 Å². The molecule has 0 aliphatic heterocycles. The van der Waals surface area contributed by atoms with Crippen LogP contribution in [-0.4, -0.2) is 25.4 Å². The van der Waals surface area contributed by atoms with Crippen molar-refractivity contribution in [2.45, 2.75) is 77.4 Å². The predicted octanol–water partition coefficient (Wildman–Crippen LogP) is 8.44. The average Bonchev–Trinajstić information content (AvgIpc) is 2.85. The second-order valence-electron chi connectivity index (χ2n) is 9.10. The zero-order valence-electron chi connectivity index (χ0n) is 20.5. The van der Waals surface area contributed by atoms with Crippen molar-refractivity contribution in [3.8, 4) is 22.6 Å². The SMILES string of the molecule is CCCCCC1CCC(OCC(F)(F)Oc2ccc(-c3ccc(OCC)c(F)c3F)c(F)c2F)CC1. The highest BCUT2D eigenvalue weighted by atomic mass is 19.3. The number of halogens is 6. The van der Waals surface area contributed by atoms with E-state index in [1.807, 2.05) is 0 Å². The maximum atomic E-state index is 14.7. The van der Waals surface area contributed by atoms with Crippen molar-refractivity contribution in [2.75, 3.05) is 13.2 Å². The van der Waals surface area contributed by atoms with Crippen LogP contribution in [0.5, 0.6) is 11.5 Å². The van der Waals surface area contributed by atoms with Gasteiger partial charge in [0.25, 0.3) is 0 Å². The van der Waals surface area contributed by atoms with E-state index in [-0.39, 0.29) is 18.5 Å². The molecule has 1 saturated carbocycles. The third kappa shape index (κ3) is 7.08. The maximum Gasteiger partial charge on any atom is 0.422 e. The molecule has 0 spiro atoms. The summed E-state index contributed by atoms with van der Waals surface area (Å²) in [6, 6.07) is 3.69. The third-order valence-electron chi connectivity index (χ3n) is 6.44. The number of benzene rings is 2. The summed E-state index contributed by atoms with van der Waals surface area (Å²) in [5, 5.41) is 0. The van der Waals surface area contributed by atoms with Gasteiger partial charge in [0, 0.05) is 11.1 Å². The van der Waals surface area contributed by atoms with Crippen molar-refractivity contribution in [3.05, 3.63) is 47.5 Å². The van der Waals surface area contributed by atoms with Crippen molar-refractivity contribution in [1.29, 1.82) is 0 Å². The summed E-state index contributed by atoms with van der Waals surface area (Å²) >= 11 is 0. The van der Waals surface area contributed by atoms with Crippen LogP contribution in [0.1, 0.15) is 65.2 Å². The Morgan fingerprint density at radius 3 is 1.94 bits per heavy atom. The van der Waals surface area contributed by atoms with Crippen LogP contribution in [0.2, 0.25) is 0 Å². The van der Waals surface area contributed by atoms with Crippen molar-refractivity contribution in [1.82, 2.24) is 0 Å². The van der Waals surface area contributed by atoms with Crippen LogP contribution in [0, 0.1) is 29.2 Å². The molecule has 9 heteroatoms. The number of unbranched alkanes of at least 4 members (excludes halogenated alkanes) is 2. The molecule has 0 aromatic heterocycles. The molecular weight excluding hydrogens is 486 g/mol. The van der Waals surface area contributed by atoms with Gasteiger partial charge < -0.3 is 14.2 Å². The molecule has 1 aliphatic carbocycles. The Morgan fingerprint density at radius 2 is 1.36 bits per heavy atom. The molecule has 0 atom stereocenters. The fourth-order valence-electron chi connectivity index (χ4n) is 4.50. The number of ether oxygens (including phenoxy) is 3. The summed E-state index contributed by atoms with van der Waals surface area (Å²) < 4.78 is 101. The third-order valence-corrected chi connectivity index (χ3v) is 6.44. The van der Waals surface area contributed by atoms with E-state index in [0.29, 0.717) is 18.8 Å². The Hall–Kier alpha value is -2.42. The zero-order chi connectivity index (χ0) is 26.3. The number of hydrogen-bond donors (Lipinski definition) is 0. The Balaban J connectivity index is 1.61. The molecule has 0 heterocycles. The quantitative estimate of drug-likeness (QED) is 0.208. The lowest BCUT2D eigenvalue weighted by atomic mass is 9.84. The normalized spacial score (nSPS) is 18.3. The van der Waals surface area contributed by atoms with Gasteiger partial charge in [-0.05, 0) is 62.8 Å². The van der Waals surface area contributed by atoms with Crippen LogP contribution in [0.25, 0.3) is 11.1 Å². The topological polar surface area (TPSA) is 27.7 Å². The number of hydrogen-bond acceptors (Lipinski definition) is 3. The van der Waals surface area contributed by atoms with Gasteiger partial charge in [-0.15, -0.1) is 0 Å². The van der Waals surface area contributed by atoms with Gasteiger partial charge in [0.1, 0.15) is 0 Å². The standard InChI is InChI=1S/C27H32F6O3/c1-3-5-6-7-17-8-10-18(11-9-17)35-16-27(32,33)36-22-15-13-20(24(29)26(22)31)19-12-14-21(34-4-2)25(30)23(19)28/h12-15,17-18H,3-11,16H2,1-2H3. The summed E-state index contributed by atoms with van der Waals surface area (Å²) in [7, 11) is 0. The molecule has 1 aliphatic rings. The lowest BCUT2D eigenvalue weighted by Gasteiger charge is -2.29. The van der Waals surface area contributed by atoms with E-state index < -0.39 is 52.9 Å². The average molecular weight is 519 g/mol. The molecule has 0 amide bonds. The fourth-order valence-corrected chi connectivity index (χ4v) is 4.50. The Labute approximate surface area is 207 Å². The van der Waals surface area contributed by atoms with E-state index in [1.165, 1.54) is 12.8 Å². The van der Waals surface area contributed by atoms with E-state index in [1.54, 1.807) is 6.92 Å². The first kappa shape index (κ1) is 28.2. The van der Waals surface area contributed by atoms with Gasteiger partial charge in [-0.25, -0.2) is 8.78 Å². The van der Waals surface area contributed by atoms with Gasteiger partial charge in [0.2, 0.25) is 11.6 Å². The zero-order valence-corrected chi connectivity index (χ0v) is 20.5. The highest BCUT2D eigenvalue weighted by Gasteiger charge is 2.36. The Bertz CT molecular complexity index is 1010. The lowest BCUT2D eigenvalue weighted by Crippen LogP contribution is -2.34. The molecule has 0 saturated heterocycles. The first-order valence-electron chi connectivity index (χ1n) is 12.4. The van der Waals surface area contributed by atoms with Crippen LogP contribution in [0.4, 0.5) is 26.3 Å². The molecule has 0 N–H and O–H groups in total. The van der Waals surface area contributed by atoms with Gasteiger partial charge in [0.05, 0.1) is 12.7 Å². The number of rotatable bonds is 12. The highest BCUT2D eigenvalue weighted by molar-refractivity contribution is 5.67. The van der Waals surface area contributed by atoms with Gasteiger partial charge in [-0.3, -0.25) is 0 Å². The van der Waals surface area contributed by atoms with Gasteiger partial charge in [0.15, 0.2) is 29.7 Å². The predicted molar refractivity (Wildman–Crippen MR) is 124 cm³/mol. The van der Waals surface area contributed by atoms with E-state index >= 15 is 0 Å². The van der Waals surface area contributed by atoms with E-state index in [0.717, 1.165) is 49.9 Å². The summed E-state index contributed by atoms with van der Waals surface area (Å²) in [4.78, 5) is 0. The first-order valence-corrected chi connectivity index (χ1v) is 12.4. The Morgan fingerprint density at radius 1 is 0.778 bits per heavy atom. The summed E-state index contributed by atoms with van der Waals surface area (Å²) in [6.07, 6.45) is 3.51. The molecule has 3 rings (SSSR count). The van der Waals surface area contributed by atoms with E-state index in [9.17, 15) is 26.3 Å². The van der Waals surface area contributed by atoms with Crippen molar-refractivity contribution >= 4 is 0 Å². The molecular formula is C27H32F6O3. The van der Waals surface area contributed by atoms with Crippen LogP contribution in [0.3, 0.4) is 0 Å². The first-order chi connectivity index (χ1) is 17.2. The fraction of sp³-hybridized carbons (Fsp3) is 0.556. The molecule has 2 aromatic rings. The highest BCUT2D eigenvalue weighted by Crippen LogP contribution is 2.36. The smallest absolute Gasteiger partial charge is 0.422 e. The van der Waals surface area contributed by atoms with Crippen molar-refractivity contribution in [3.63, 3.8) is 0 Å². The van der Waals surface area contributed by atoms with Crippen LogP contribution < -0.4 is 9.47 Å². The minimum atomic E-state index is -3.91. The summed E-state index contributed by atoms with van der Waals surface area (Å²) in [5.74, 6) is -7.07. The van der Waals surface area contributed by atoms with Crippen molar-refractivity contribution in [2.24, 2.45) is 5.92 Å². The monoisotopic (exact) mass is 518 g/mol. The second kappa shape index (κ2) is 12.7. The largest absolute Gasteiger partial charge is 0.491 e. The molecule has 0 radical (unpaired) electrons. The van der Waals surface area contributed by atoms with Crippen LogP contribution >= 0.6 is 0 Å². The Kier molecular flexibility index (Phi) is 9.93. The maximum absolute atomic E-state index is 14.7. The van der Waals surface area contributed by atoms with Crippen molar-refractivity contribution < 1.29 is 40.6 Å².